The number of carbonyl (C=O) groups is 2. The summed E-state index contributed by atoms with van der Waals surface area (Å²) in [6.45, 7) is 3.20. The van der Waals surface area contributed by atoms with Gasteiger partial charge in [0.15, 0.2) is 6.10 Å². The molecular weight excluding hydrogens is 397 g/mol. The van der Waals surface area contributed by atoms with Gasteiger partial charge in [0.05, 0.1) is 32.0 Å². The van der Waals surface area contributed by atoms with Gasteiger partial charge in [-0.3, -0.25) is 9.00 Å². The molecule has 26 heavy (non-hydrogen) atoms. The lowest BCUT2D eigenvalue weighted by molar-refractivity contribution is -0.123. The Balaban J connectivity index is 2.09. The number of amides is 1. The lowest BCUT2D eigenvalue weighted by Crippen LogP contribution is -2.30. The summed E-state index contributed by atoms with van der Waals surface area (Å²) in [5.74, 6) is -0.890. The third-order valence-corrected chi connectivity index (χ3v) is 5.38. The van der Waals surface area contributed by atoms with Gasteiger partial charge in [0.25, 0.3) is 5.91 Å². The van der Waals surface area contributed by atoms with Crippen LogP contribution in [0.4, 0.5) is 5.69 Å². The number of benzene rings is 2. The lowest BCUT2D eigenvalue weighted by Gasteiger charge is -2.15. The van der Waals surface area contributed by atoms with Gasteiger partial charge in [0, 0.05) is 10.8 Å². The van der Waals surface area contributed by atoms with Crippen LogP contribution in [0.25, 0.3) is 0 Å². The SMILES string of the molecule is CC[S@](=O)c1ccccc1C(=O)O[C@@H](C)C(=O)Nc1ccc(Cl)cc1Cl. The van der Waals surface area contributed by atoms with E-state index in [1.807, 2.05) is 0 Å². The molecule has 2 aromatic rings. The molecule has 8 heteroatoms. The highest BCUT2D eigenvalue weighted by molar-refractivity contribution is 7.85. The molecule has 2 atom stereocenters. The van der Waals surface area contributed by atoms with E-state index in [4.69, 9.17) is 27.9 Å². The number of carbonyl (C=O) groups excluding carboxylic acids is 2. The minimum atomic E-state index is -1.32. The summed E-state index contributed by atoms with van der Waals surface area (Å²) in [6, 6.07) is 11.1. The van der Waals surface area contributed by atoms with Gasteiger partial charge in [-0.1, -0.05) is 42.3 Å². The molecule has 0 saturated heterocycles. The minimum absolute atomic E-state index is 0.178. The first kappa shape index (κ1) is 20.4. The first-order valence-electron chi connectivity index (χ1n) is 7.77. The van der Waals surface area contributed by atoms with E-state index < -0.39 is 28.8 Å². The Hall–Kier alpha value is -1.89. The van der Waals surface area contributed by atoms with E-state index in [0.29, 0.717) is 21.4 Å². The Bertz CT molecular complexity index is 857. The zero-order valence-electron chi connectivity index (χ0n) is 14.1. The highest BCUT2D eigenvalue weighted by Crippen LogP contribution is 2.25. The van der Waals surface area contributed by atoms with Crippen LogP contribution >= 0.6 is 23.2 Å². The van der Waals surface area contributed by atoms with E-state index in [2.05, 4.69) is 5.32 Å². The maximum absolute atomic E-state index is 12.4. The lowest BCUT2D eigenvalue weighted by atomic mass is 10.2. The van der Waals surface area contributed by atoms with Gasteiger partial charge < -0.3 is 10.1 Å². The van der Waals surface area contributed by atoms with Crippen LogP contribution in [0.5, 0.6) is 0 Å². The number of halogens is 2. The van der Waals surface area contributed by atoms with E-state index in [0.717, 1.165) is 0 Å². The van der Waals surface area contributed by atoms with Crippen molar-refractivity contribution in [2.45, 2.75) is 24.8 Å². The predicted octanol–water partition coefficient (Wildman–Crippen LogP) is 4.30. The third kappa shape index (κ3) is 5.06. The summed E-state index contributed by atoms with van der Waals surface area (Å²) in [5, 5.41) is 3.29. The van der Waals surface area contributed by atoms with Crippen molar-refractivity contribution in [2.75, 3.05) is 11.1 Å². The number of hydrogen-bond donors (Lipinski definition) is 1. The Morgan fingerprint density at radius 3 is 2.54 bits per heavy atom. The zero-order chi connectivity index (χ0) is 19.3. The van der Waals surface area contributed by atoms with Crippen molar-refractivity contribution >= 4 is 51.6 Å². The van der Waals surface area contributed by atoms with E-state index in [1.165, 1.54) is 19.1 Å². The molecule has 0 aliphatic carbocycles. The first-order chi connectivity index (χ1) is 12.3. The fourth-order valence-electron chi connectivity index (χ4n) is 2.09. The van der Waals surface area contributed by atoms with Crippen LogP contribution < -0.4 is 5.32 Å². The van der Waals surface area contributed by atoms with Gasteiger partial charge in [0.2, 0.25) is 0 Å². The van der Waals surface area contributed by atoms with Crippen molar-refractivity contribution in [1.82, 2.24) is 0 Å². The van der Waals surface area contributed by atoms with E-state index in [9.17, 15) is 13.8 Å². The summed E-state index contributed by atoms with van der Waals surface area (Å²) in [4.78, 5) is 25.0. The number of esters is 1. The van der Waals surface area contributed by atoms with Gasteiger partial charge in [-0.05, 0) is 37.3 Å². The number of nitrogens with one attached hydrogen (secondary N) is 1. The highest BCUT2D eigenvalue weighted by atomic mass is 35.5. The molecular formula is C18H17Cl2NO4S. The van der Waals surface area contributed by atoms with Crippen molar-refractivity contribution in [2.24, 2.45) is 0 Å². The third-order valence-electron chi connectivity index (χ3n) is 3.46. The Labute approximate surface area is 164 Å². The van der Waals surface area contributed by atoms with Crippen LogP contribution in [0.3, 0.4) is 0 Å². The van der Waals surface area contributed by atoms with Gasteiger partial charge in [-0.25, -0.2) is 4.79 Å². The largest absolute Gasteiger partial charge is 0.449 e. The van der Waals surface area contributed by atoms with E-state index >= 15 is 0 Å². The predicted molar refractivity (Wildman–Crippen MR) is 103 cm³/mol. The maximum Gasteiger partial charge on any atom is 0.340 e. The minimum Gasteiger partial charge on any atom is -0.449 e. The monoisotopic (exact) mass is 413 g/mol. The molecule has 2 aromatic carbocycles. The zero-order valence-corrected chi connectivity index (χ0v) is 16.5. The Morgan fingerprint density at radius 1 is 1.19 bits per heavy atom. The molecule has 0 spiro atoms. The standard InChI is InChI=1S/C18H17Cl2NO4S/c1-3-26(24)16-7-5-4-6-13(16)18(23)25-11(2)17(22)21-15-9-8-12(19)10-14(15)20/h4-11H,3H2,1-2H3,(H,21,22)/t11-,26-/m0/s1. The normalized spacial score (nSPS) is 12.9. The first-order valence-corrected chi connectivity index (χ1v) is 9.85. The topological polar surface area (TPSA) is 72.5 Å². The summed E-state index contributed by atoms with van der Waals surface area (Å²) >= 11 is 11.8. The molecule has 0 saturated carbocycles. The van der Waals surface area contributed by atoms with Crippen molar-refractivity contribution in [3.63, 3.8) is 0 Å². The quantitative estimate of drug-likeness (QED) is 0.716. The number of hydrogen-bond acceptors (Lipinski definition) is 4. The fourth-order valence-corrected chi connectivity index (χ4v) is 3.49. The smallest absolute Gasteiger partial charge is 0.340 e. The van der Waals surface area contributed by atoms with Gasteiger partial charge >= 0.3 is 5.97 Å². The van der Waals surface area contributed by atoms with Crippen molar-refractivity contribution in [3.05, 3.63) is 58.1 Å². The number of ether oxygens (including phenoxy) is 1. The fraction of sp³-hybridized carbons (Fsp3) is 0.222. The highest BCUT2D eigenvalue weighted by Gasteiger charge is 2.22. The molecule has 0 radical (unpaired) electrons. The number of rotatable bonds is 6. The molecule has 5 nitrogen and oxygen atoms in total. The van der Waals surface area contributed by atoms with Crippen LogP contribution in [0.2, 0.25) is 10.0 Å². The van der Waals surface area contributed by atoms with Crippen LogP contribution in [-0.2, 0) is 20.3 Å². The maximum atomic E-state index is 12.4. The second-order valence-corrected chi connectivity index (χ2v) is 7.84. The molecule has 2 rings (SSSR count). The second kappa shape index (κ2) is 9.16. The van der Waals surface area contributed by atoms with E-state index in [-0.39, 0.29) is 10.6 Å². The van der Waals surface area contributed by atoms with Gasteiger partial charge in [-0.2, -0.15) is 0 Å². The summed E-state index contributed by atoms with van der Waals surface area (Å²) in [6.07, 6.45) is -1.07. The van der Waals surface area contributed by atoms with Crippen molar-refractivity contribution in [1.29, 1.82) is 0 Å². The van der Waals surface area contributed by atoms with Crippen LogP contribution in [-0.4, -0.2) is 27.9 Å². The molecule has 0 aliphatic heterocycles. The molecule has 0 heterocycles. The van der Waals surface area contributed by atoms with E-state index in [1.54, 1.807) is 37.3 Å². The van der Waals surface area contributed by atoms with Gasteiger partial charge in [0.1, 0.15) is 0 Å². The van der Waals surface area contributed by atoms with Gasteiger partial charge in [-0.15, -0.1) is 0 Å². The molecule has 1 N–H and O–H groups in total. The Morgan fingerprint density at radius 2 is 1.88 bits per heavy atom. The molecule has 0 aromatic heterocycles. The molecule has 0 bridgehead atoms. The van der Waals surface area contributed by atoms with Crippen LogP contribution in [0, 0.1) is 0 Å². The molecule has 1 amide bonds. The average Bonchev–Trinajstić information content (AvgIpc) is 2.63. The Kier molecular flexibility index (Phi) is 7.20. The molecule has 0 aliphatic rings. The van der Waals surface area contributed by atoms with Crippen molar-refractivity contribution < 1.29 is 18.5 Å². The average molecular weight is 414 g/mol. The van der Waals surface area contributed by atoms with Crippen molar-refractivity contribution in [3.8, 4) is 0 Å². The molecule has 0 unspecified atom stereocenters. The summed E-state index contributed by atoms with van der Waals surface area (Å²) < 4.78 is 17.3. The molecule has 138 valence electrons. The molecule has 0 fully saturated rings. The second-order valence-electron chi connectivity index (χ2n) is 5.29. The summed E-state index contributed by atoms with van der Waals surface area (Å²) in [5.41, 5.74) is 0.535. The number of anilines is 1. The van der Waals surface area contributed by atoms with Crippen LogP contribution in [0.1, 0.15) is 24.2 Å². The van der Waals surface area contributed by atoms with Crippen LogP contribution in [0.15, 0.2) is 47.4 Å². The summed E-state index contributed by atoms with van der Waals surface area (Å²) in [7, 11) is -1.32.